The minimum absolute atomic E-state index is 0.0539. The fraction of sp³-hybridized carbons (Fsp3) is 0.467. The first kappa shape index (κ1) is 16.7. The van der Waals surface area contributed by atoms with Crippen LogP contribution >= 0.6 is 11.3 Å². The second kappa shape index (κ2) is 7.20. The van der Waals surface area contributed by atoms with Crippen molar-refractivity contribution in [2.24, 2.45) is 0 Å². The summed E-state index contributed by atoms with van der Waals surface area (Å²) in [6.45, 7) is 3.47. The van der Waals surface area contributed by atoms with Crippen LogP contribution in [0.5, 0.6) is 0 Å². The molecule has 0 fully saturated rings. The second-order valence-corrected chi connectivity index (χ2v) is 6.44. The number of aryl methyl sites for hydroxylation is 1. The molecule has 0 aliphatic carbocycles. The molecule has 3 aromatic heterocycles. The van der Waals surface area contributed by atoms with E-state index in [-0.39, 0.29) is 5.56 Å². The number of ether oxygens (including phenoxy) is 1. The summed E-state index contributed by atoms with van der Waals surface area (Å²) in [5.41, 5.74) is 1.58. The lowest BCUT2D eigenvalue weighted by Crippen LogP contribution is -2.21. The molecule has 3 rings (SSSR count). The van der Waals surface area contributed by atoms with Crippen molar-refractivity contribution in [2.75, 3.05) is 20.8 Å². The minimum atomic E-state index is -0.0539. The summed E-state index contributed by atoms with van der Waals surface area (Å²) in [5.74, 6) is 1.17. The molecule has 0 saturated carbocycles. The van der Waals surface area contributed by atoms with E-state index in [9.17, 15) is 4.79 Å². The van der Waals surface area contributed by atoms with Gasteiger partial charge in [0.25, 0.3) is 5.56 Å². The number of hydrogen-bond donors (Lipinski definition) is 0. The van der Waals surface area contributed by atoms with E-state index < -0.39 is 0 Å². The predicted octanol–water partition coefficient (Wildman–Crippen LogP) is 1.27. The van der Waals surface area contributed by atoms with Crippen LogP contribution in [-0.2, 0) is 24.2 Å². The predicted molar refractivity (Wildman–Crippen MR) is 89.1 cm³/mol. The molecule has 0 saturated heterocycles. The highest BCUT2D eigenvalue weighted by molar-refractivity contribution is 7.15. The van der Waals surface area contributed by atoms with E-state index >= 15 is 0 Å². The SMILES string of the molecule is COCCc1noc(CN(C)Cc2cc(=O)n3c(C)csc3n2)n1. The van der Waals surface area contributed by atoms with Gasteiger partial charge in [0.1, 0.15) is 0 Å². The molecule has 0 aliphatic rings. The minimum Gasteiger partial charge on any atom is -0.384 e. The molecule has 0 aliphatic heterocycles. The van der Waals surface area contributed by atoms with Crippen molar-refractivity contribution >= 4 is 16.3 Å². The van der Waals surface area contributed by atoms with Gasteiger partial charge in [0, 0.05) is 37.2 Å². The van der Waals surface area contributed by atoms with Gasteiger partial charge in [-0.05, 0) is 14.0 Å². The maximum atomic E-state index is 12.2. The summed E-state index contributed by atoms with van der Waals surface area (Å²) in [6.07, 6.45) is 0.621. The molecule has 3 aromatic rings. The average molecular weight is 349 g/mol. The number of hydrogen-bond acceptors (Lipinski definition) is 8. The standard InChI is InChI=1S/C15H19N5O3S/c1-10-9-24-15-16-11(6-14(21)20(10)15)7-19(2)8-13-17-12(18-23-13)4-5-22-3/h6,9H,4-5,7-8H2,1-3H3. The van der Waals surface area contributed by atoms with Crippen LogP contribution in [0.25, 0.3) is 4.96 Å². The van der Waals surface area contributed by atoms with Gasteiger partial charge in [-0.1, -0.05) is 5.16 Å². The summed E-state index contributed by atoms with van der Waals surface area (Å²) in [4.78, 5) is 23.7. The van der Waals surface area contributed by atoms with Gasteiger partial charge in [-0.2, -0.15) is 4.98 Å². The number of thiazole rings is 1. The smallest absolute Gasteiger partial charge is 0.259 e. The quantitative estimate of drug-likeness (QED) is 0.635. The Balaban J connectivity index is 1.67. The van der Waals surface area contributed by atoms with Crippen molar-refractivity contribution in [1.82, 2.24) is 24.4 Å². The Hall–Kier alpha value is -2.10. The first-order chi connectivity index (χ1) is 11.6. The van der Waals surface area contributed by atoms with Gasteiger partial charge in [0.15, 0.2) is 10.8 Å². The lowest BCUT2D eigenvalue weighted by molar-refractivity contribution is 0.199. The van der Waals surface area contributed by atoms with Crippen LogP contribution in [-0.4, -0.2) is 45.2 Å². The van der Waals surface area contributed by atoms with E-state index in [1.165, 1.54) is 11.3 Å². The highest BCUT2D eigenvalue weighted by Gasteiger charge is 2.12. The normalized spacial score (nSPS) is 11.7. The van der Waals surface area contributed by atoms with Crippen molar-refractivity contribution in [1.29, 1.82) is 0 Å². The maximum absolute atomic E-state index is 12.2. The third-order valence-corrected chi connectivity index (χ3v) is 4.45. The van der Waals surface area contributed by atoms with Crippen LogP contribution in [0.15, 0.2) is 20.8 Å². The van der Waals surface area contributed by atoms with Gasteiger partial charge in [-0.3, -0.25) is 14.1 Å². The Labute approximate surface area is 142 Å². The molecule has 0 radical (unpaired) electrons. The van der Waals surface area contributed by atoms with E-state index in [0.29, 0.717) is 42.8 Å². The summed E-state index contributed by atoms with van der Waals surface area (Å²) in [7, 11) is 3.55. The fourth-order valence-corrected chi connectivity index (χ4v) is 3.29. The van der Waals surface area contributed by atoms with Crippen molar-refractivity contribution in [3.05, 3.63) is 44.9 Å². The Kier molecular flexibility index (Phi) is 5.03. The lowest BCUT2D eigenvalue weighted by atomic mass is 10.3. The molecular formula is C15H19N5O3S. The van der Waals surface area contributed by atoms with Gasteiger partial charge in [0.05, 0.1) is 18.8 Å². The third kappa shape index (κ3) is 3.69. The van der Waals surface area contributed by atoms with Gasteiger partial charge in [-0.25, -0.2) is 4.98 Å². The molecule has 24 heavy (non-hydrogen) atoms. The molecule has 8 nitrogen and oxygen atoms in total. The largest absolute Gasteiger partial charge is 0.384 e. The second-order valence-electron chi connectivity index (χ2n) is 5.60. The van der Waals surface area contributed by atoms with E-state index in [1.54, 1.807) is 17.6 Å². The molecule has 0 atom stereocenters. The van der Waals surface area contributed by atoms with Gasteiger partial charge in [0.2, 0.25) is 5.89 Å². The molecule has 0 N–H and O–H groups in total. The molecule has 0 spiro atoms. The number of methoxy groups -OCH3 is 1. The lowest BCUT2D eigenvalue weighted by Gasteiger charge is -2.13. The topological polar surface area (TPSA) is 85.8 Å². The molecule has 0 bridgehead atoms. The van der Waals surface area contributed by atoms with E-state index in [4.69, 9.17) is 9.26 Å². The van der Waals surface area contributed by atoms with Crippen molar-refractivity contribution in [2.45, 2.75) is 26.4 Å². The Morgan fingerprint density at radius 3 is 3.00 bits per heavy atom. The maximum Gasteiger partial charge on any atom is 0.259 e. The van der Waals surface area contributed by atoms with Crippen LogP contribution in [0, 0.1) is 6.92 Å². The van der Waals surface area contributed by atoms with Crippen molar-refractivity contribution in [3.8, 4) is 0 Å². The first-order valence-electron chi connectivity index (χ1n) is 7.52. The van der Waals surface area contributed by atoms with Crippen LogP contribution < -0.4 is 5.56 Å². The summed E-state index contributed by atoms with van der Waals surface area (Å²) >= 11 is 1.46. The van der Waals surface area contributed by atoms with E-state index in [1.807, 2.05) is 24.3 Å². The zero-order valence-electron chi connectivity index (χ0n) is 13.9. The molecule has 128 valence electrons. The molecule has 9 heteroatoms. The highest BCUT2D eigenvalue weighted by atomic mass is 32.1. The molecule has 0 aromatic carbocycles. The van der Waals surface area contributed by atoms with Crippen molar-refractivity contribution in [3.63, 3.8) is 0 Å². The summed E-state index contributed by atoms with van der Waals surface area (Å²) < 4.78 is 11.8. The summed E-state index contributed by atoms with van der Waals surface area (Å²) in [5, 5.41) is 5.84. The van der Waals surface area contributed by atoms with Crippen LogP contribution in [0.1, 0.15) is 23.1 Å². The van der Waals surface area contributed by atoms with Crippen LogP contribution in [0.4, 0.5) is 0 Å². The molecular weight excluding hydrogens is 330 g/mol. The Morgan fingerprint density at radius 1 is 1.38 bits per heavy atom. The number of aromatic nitrogens is 4. The first-order valence-corrected chi connectivity index (χ1v) is 8.40. The average Bonchev–Trinajstić information content (AvgIpc) is 3.12. The zero-order valence-corrected chi connectivity index (χ0v) is 14.7. The number of rotatable bonds is 7. The van der Waals surface area contributed by atoms with Crippen LogP contribution in [0.2, 0.25) is 0 Å². The van der Waals surface area contributed by atoms with Gasteiger partial charge in [-0.15, -0.1) is 11.3 Å². The third-order valence-electron chi connectivity index (χ3n) is 3.51. The molecule has 0 unspecified atom stereocenters. The monoisotopic (exact) mass is 349 g/mol. The van der Waals surface area contributed by atoms with Crippen LogP contribution in [0.3, 0.4) is 0 Å². The Bertz CT molecular complexity index is 885. The number of nitrogens with zero attached hydrogens (tertiary/aromatic N) is 5. The van der Waals surface area contributed by atoms with Crippen molar-refractivity contribution < 1.29 is 9.26 Å². The molecule has 3 heterocycles. The number of fused-ring (bicyclic) bond motifs is 1. The summed E-state index contributed by atoms with van der Waals surface area (Å²) in [6, 6.07) is 1.57. The van der Waals surface area contributed by atoms with E-state index in [0.717, 1.165) is 11.4 Å². The van der Waals surface area contributed by atoms with E-state index in [2.05, 4.69) is 15.1 Å². The molecule has 0 amide bonds. The fourth-order valence-electron chi connectivity index (χ4n) is 2.39. The zero-order chi connectivity index (χ0) is 17.1. The Morgan fingerprint density at radius 2 is 2.21 bits per heavy atom. The highest BCUT2D eigenvalue weighted by Crippen LogP contribution is 2.12. The van der Waals surface area contributed by atoms with Gasteiger partial charge >= 0.3 is 0 Å². The van der Waals surface area contributed by atoms with Gasteiger partial charge < -0.3 is 9.26 Å².